The summed E-state index contributed by atoms with van der Waals surface area (Å²) in [5, 5.41) is 77.1. The first kappa shape index (κ1) is 27.7. The summed E-state index contributed by atoms with van der Waals surface area (Å²) in [7, 11) is 0. The SMILES string of the molecule is C.C.NC1(C(=O)O)C/C(=N/O)C2C(C(O)O)C21.NC1(C(=O)O)C/C(=N\O)C2C(C(O)O)C21. The molecule has 4 aliphatic carbocycles. The lowest BCUT2D eigenvalue weighted by Gasteiger charge is -2.22. The summed E-state index contributed by atoms with van der Waals surface area (Å²) in [6.07, 6.45) is -3.34. The van der Waals surface area contributed by atoms with E-state index in [2.05, 4.69) is 10.3 Å². The Balaban J connectivity index is 0.000000301. The zero-order valence-corrected chi connectivity index (χ0v) is 15.5. The van der Waals surface area contributed by atoms with Crippen LogP contribution in [0, 0.1) is 35.5 Å². The van der Waals surface area contributed by atoms with Crippen LogP contribution >= 0.6 is 0 Å². The molecular formula is C18H32N4O10. The van der Waals surface area contributed by atoms with Crippen LogP contribution in [0.25, 0.3) is 0 Å². The highest BCUT2D eigenvalue weighted by Gasteiger charge is 2.73. The first-order chi connectivity index (χ1) is 13.9. The predicted molar refractivity (Wildman–Crippen MR) is 108 cm³/mol. The predicted octanol–water partition coefficient (Wildman–Crippen LogP) is -2.38. The highest BCUT2D eigenvalue weighted by molar-refractivity contribution is 6.01. The molecule has 0 amide bonds. The number of rotatable bonds is 4. The minimum atomic E-state index is -1.63. The number of aliphatic hydroxyl groups excluding tert-OH is 2. The molecule has 184 valence electrons. The Labute approximate surface area is 183 Å². The molecule has 0 aromatic heterocycles. The van der Waals surface area contributed by atoms with Crippen molar-refractivity contribution in [2.45, 2.75) is 51.4 Å². The van der Waals surface area contributed by atoms with Crippen molar-refractivity contribution in [1.82, 2.24) is 0 Å². The Hall–Kier alpha value is -2.36. The number of hydrogen-bond donors (Lipinski definition) is 10. The molecule has 32 heavy (non-hydrogen) atoms. The molecule has 0 aromatic rings. The van der Waals surface area contributed by atoms with Crippen molar-refractivity contribution >= 4 is 23.4 Å². The molecule has 4 fully saturated rings. The molecule has 14 nitrogen and oxygen atoms in total. The van der Waals surface area contributed by atoms with Crippen LogP contribution in [0.15, 0.2) is 10.3 Å². The van der Waals surface area contributed by atoms with Crippen LogP contribution in [0.5, 0.6) is 0 Å². The molecule has 0 spiro atoms. The molecule has 0 saturated heterocycles. The molecular weight excluding hydrogens is 432 g/mol. The number of carbonyl (C=O) groups is 2. The van der Waals surface area contributed by atoms with E-state index in [0.717, 1.165) is 0 Å². The van der Waals surface area contributed by atoms with Crippen LogP contribution in [0.1, 0.15) is 27.7 Å². The largest absolute Gasteiger partial charge is 0.480 e. The van der Waals surface area contributed by atoms with Crippen LogP contribution in [-0.4, -0.2) is 88.1 Å². The Bertz CT molecular complexity index is 752. The number of aliphatic carboxylic acids is 2. The summed E-state index contributed by atoms with van der Waals surface area (Å²) in [4.78, 5) is 21.9. The second-order valence-corrected chi connectivity index (χ2v) is 8.31. The third kappa shape index (κ3) is 3.82. The van der Waals surface area contributed by atoms with Gasteiger partial charge in [-0.1, -0.05) is 25.2 Å². The van der Waals surface area contributed by atoms with Crippen molar-refractivity contribution in [2.24, 2.45) is 57.3 Å². The Morgan fingerprint density at radius 1 is 0.781 bits per heavy atom. The van der Waals surface area contributed by atoms with E-state index in [9.17, 15) is 9.59 Å². The number of carboxylic acid groups (broad SMARTS) is 2. The maximum Gasteiger partial charge on any atom is 0.324 e. The summed E-state index contributed by atoms with van der Waals surface area (Å²) < 4.78 is 0. The van der Waals surface area contributed by atoms with Crippen LogP contribution < -0.4 is 11.5 Å². The molecule has 4 aliphatic rings. The maximum absolute atomic E-state index is 11.0. The molecule has 8 atom stereocenters. The highest BCUT2D eigenvalue weighted by Crippen LogP contribution is 2.61. The van der Waals surface area contributed by atoms with Crippen molar-refractivity contribution in [2.75, 3.05) is 0 Å². The van der Waals surface area contributed by atoms with Crippen LogP contribution in [0.3, 0.4) is 0 Å². The van der Waals surface area contributed by atoms with Crippen molar-refractivity contribution in [3.05, 3.63) is 0 Å². The van der Waals surface area contributed by atoms with Crippen LogP contribution in [0.2, 0.25) is 0 Å². The summed E-state index contributed by atoms with van der Waals surface area (Å²) in [6, 6.07) is 0. The fourth-order valence-corrected chi connectivity index (χ4v) is 5.31. The van der Waals surface area contributed by atoms with E-state index < -0.39 is 71.1 Å². The van der Waals surface area contributed by atoms with E-state index in [-0.39, 0.29) is 39.1 Å². The van der Waals surface area contributed by atoms with E-state index in [1.54, 1.807) is 0 Å². The van der Waals surface area contributed by atoms with Gasteiger partial charge >= 0.3 is 11.9 Å². The van der Waals surface area contributed by atoms with Gasteiger partial charge in [0.05, 0.1) is 11.4 Å². The number of oxime groups is 2. The van der Waals surface area contributed by atoms with E-state index in [1.165, 1.54) is 0 Å². The monoisotopic (exact) mass is 464 g/mol. The minimum absolute atomic E-state index is 0. The van der Waals surface area contributed by atoms with Gasteiger partial charge in [-0.05, 0) is 0 Å². The van der Waals surface area contributed by atoms with Gasteiger partial charge in [-0.3, -0.25) is 9.59 Å². The number of aliphatic hydroxyl groups is 4. The second kappa shape index (κ2) is 8.88. The second-order valence-electron chi connectivity index (χ2n) is 8.31. The van der Waals surface area contributed by atoms with Crippen molar-refractivity contribution < 1.29 is 50.6 Å². The molecule has 14 heteroatoms. The van der Waals surface area contributed by atoms with Gasteiger partial charge in [0.1, 0.15) is 11.1 Å². The Morgan fingerprint density at radius 2 is 1.06 bits per heavy atom. The first-order valence-corrected chi connectivity index (χ1v) is 9.05. The van der Waals surface area contributed by atoms with E-state index in [1.807, 2.05) is 0 Å². The average Bonchev–Trinajstić information content (AvgIpc) is 3.53. The molecule has 0 radical (unpaired) electrons. The van der Waals surface area contributed by atoms with Crippen molar-refractivity contribution in [3.63, 3.8) is 0 Å². The maximum atomic E-state index is 11.0. The minimum Gasteiger partial charge on any atom is -0.480 e. The quantitative estimate of drug-likeness (QED) is 0.119. The van der Waals surface area contributed by atoms with Crippen LogP contribution in [0.4, 0.5) is 0 Å². The zero-order valence-electron chi connectivity index (χ0n) is 15.5. The van der Waals surface area contributed by atoms with Gasteiger partial charge in [-0.2, -0.15) is 0 Å². The van der Waals surface area contributed by atoms with Gasteiger partial charge in [-0.25, -0.2) is 0 Å². The number of nitrogens with two attached hydrogens (primary N) is 2. The summed E-state index contributed by atoms with van der Waals surface area (Å²) in [5.41, 5.74) is 8.73. The zero-order chi connectivity index (χ0) is 22.8. The fourth-order valence-electron chi connectivity index (χ4n) is 5.31. The molecule has 0 aromatic carbocycles. The van der Waals surface area contributed by atoms with E-state index >= 15 is 0 Å². The Morgan fingerprint density at radius 3 is 1.25 bits per heavy atom. The van der Waals surface area contributed by atoms with Gasteiger partial charge in [-0.15, -0.1) is 0 Å². The highest BCUT2D eigenvalue weighted by atomic mass is 16.5. The molecule has 0 bridgehead atoms. The third-order valence-corrected chi connectivity index (χ3v) is 6.80. The topological polar surface area (TPSA) is 273 Å². The summed E-state index contributed by atoms with van der Waals surface area (Å²) >= 11 is 0. The number of carboxylic acids is 2. The van der Waals surface area contributed by atoms with Gasteiger partial charge < -0.3 is 52.5 Å². The lowest BCUT2D eigenvalue weighted by atomic mass is 9.91. The third-order valence-electron chi connectivity index (χ3n) is 6.80. The van der Waals surface area contributed by atoms with E-state index in [4.69, 9.17) is 52.5 Å². The van der Waals surface area contributed by atoms with Gasteiger partial charge in [0.15, 0.2) is 12.6 Å². The fraction of sp³-hybridized carbons (Fsp3) is 0.778. The van der Waals surface area contributed by atoms with Gasteiger partial charge in [0.2, 0.25) is 0 Å². The lowest BCUT2D eigenvalue weighted by Crippen LogP contribution is -2.50. The molecule has 4 saturated carbocycles. The molecule has 0 aliphatic heterocycles. The molecule has 0 heterocycles. The van der Waals surface area contributed by atoms with Crippen molar-refractivity contribution in [3.8, 4) is 0 Å². The first-order valence-electron chi connectivity index (χ1n) is 9.05. The lowest BCUT2D eigenvalue weighted by molar-refractivity contribution is -0.145. The van der Waals surface area contributed by atoms with Gasteiger partial charge in [0, 0.05) is 48.3 Å². The average molecular weight is 464 g/mol. The van der Waals surface area contributed by atoms with Crippen molar-refractivity contribution in [1.29, 1.82) is 0 Å². The standard InChI is InChI=1S/2C8H12N2O5.2CH4/c2*9-8(7(13)14)1-2(10-15)3-4(5(3)8)6(11)12;;/h2*3-6,11-12,15H,1,9H2,(H,13,14);2*1H4/b10-2+;10-2-;;. The number of fused-ring (bicyclic) bond motifs is 2. The summed E-state index contributed by atoms with van der Waals surface area (Å²) in [5.74, 6) is -5.64. The number of hydrogen-bond acceptors (Lipinski definition) is 12. The number of nitrogens with zero attached hydrogens (tertiary/aromatic N) is 2. The normalized spacial score (nSPS) is 43.0. The molecule has 12 N–H and O–H groups in total. The van der Waals surface area contributed by atoms with Crippen LogP contribution in [-0.2, 0) is 9.59 Å². The Kier molecular flexibility index (Phi) is 7.68. The molecule has 8 unspecified atom stereocenters. The van der Waals surface area contributed by atoms with E-state index in [0.29, 0.717) is 0 Å². The summed E-state index contributed by atoms with van der Waals surface area (Å²) in [6.45, 7) is 0. The van der Waals surface area contributed by atoms with Gasteiger partial charge in [0.25, 0.3) is 0 Å². The molecule has 4 rings (SSSR count). The smallest absolute Gasteiger partial charge is 0.324 e.